The number of rotatable bonds is 7. The number of anilines is 1. The number of nitrogens with two attached hydrogens (primary N) is 2. The van der Waals surface area contributed by atoms with E-state index in [0.717, 1.165) is 17.2 Å². The van der Waals surface area contributed by atoms with Gasteiger partial charge in [0.05, 0.1) is 17.9 Å². The second kappa shape index (κ2) is 8.79. The number of aryl methyl sites for hydroxylation is 1. The molecule has 1 amide bonds. The average molecular weight is 394 g/mol. The molecule has 9 heteroatoms. The van der Waals surface area contributed by atoms with Gasteiger partial charge in [-0.25, -0.2) is 4.98 Å². The van der Waals surface area contributed by atoms with Crippen molar-refractivity contribution in [2.75, 3.05) is 25.6 Å². The molecule has 0 aliphatic heterocycles. The fraction of sp³-hybridized carbons (Fsp3) is 0.235. The molecular weight excluding hydrogens is 374 g/mol. The summed E-state index contributed by atoms with van der Waals surface area (Å²) in [7, 11) is 1.61. The standard InChI is InChI=1S/C17H20ClN5O2S/c1-9-3-4-10(7-11(9)18)15-14(12(19)8-13(20)24)16(26)23-17(22-15)21-5-6-25-2/h3-4,7-8H,5-6,19H2,1-2H3,(H2,20,24)(H2,21,22,23,26)/b12-8-. The molecule has 7 nitrogen and oxygen atoms in total. The zero-order valence-electron chi connectivity index (χ0n) is 14.4. The molecule has 0 bridgehead atoms. The molecule has 138 valence electrons. The van der Waals surface area contributed by atoms with Crippen LogP contribution in [0.3, 0.4) is 0 Å². The molecule has 2 rings (SSSR count). The Labute approximate surface area is 161 Å². The summed E-state index contributed by atoms with van der Waals surface area (Å²) >= 11 is 11.6. The van der Waals surface area contributed by atoms with Gasteiger partial charge in [-0.3, -0.25) is 4.79 Å². The monoisotopic (exact) mass is 393 g/mol. The molecule has 0 radical (unpaired) electrons. The summed E-state index contributed by atoms with van der Waals surface area (Å²) in [6.45, 7) is 2.94. The predicted molar refractivity (Wildman–Crippen MR) is 106 cm³/mol. The number of benzene rings is 1. The number of amides is 1. The Morgan fingerprint density at radius 1 is 1.46 bits per heavy atom. The molecule has 0 spiro atoms. The molecule has 1 aromatic carbocycles. The van der Waals surface area contributed by atoms with Crippen LogP contribution in [0, 0.1) is 11.6 Å². The van der Waals surface area contributed by atoms with Crippen molar-refractivity contribution in [1.82, 2.24) is 9.97 Å². The van der Waals surface area contributed by atoms with Crippen LogP contribution in [0.4, 0.5) is 5.95 Å². The molecule has 1 heterocycles. The first-order chi connectivity index (χ1) is 12.3. The Balaban J connectivity index is 2.64. The number of H-pyrrole nitrogens is 1. The van der Waals surface area contributed by atoms with Crippen LogP contribution in [0.25, 0.3) is 17.0 Å². The Kier molecular flexibility index (Phi) is 6.73. The van der Waals surface area contributed by atoms with E-state index in [2.05, 4.69) is 15.3 Å². The van der Waals surface area contributed by atoms with Crippen molar-refractivity contribution in [3.63, 3.8) is 0 Å². The van der Waals surface area contributed by atoms with Gasteiger partial charge in [-0.2, -0.15) is 0 Å². The van der Waals surface area contributed by atoms with Gasteiger partial charge in [0, 0.05) is 36.0 Å². The fourth-order valence-electron chi connectivity index (χ4n) is 2.29. The number of primary amides is 1. The molecule has 0 fully saturated rings. The largest absolute Gasteiger partial charge is 0.398 e. The Morgan fingerprint density at radius 2 is 2.19 bits per heavy atom. The number of halogens is 1. The number of carbonyl (C=O) groups is 1. The van der Waals surface area contributed by atoms with Crippen LogP contribution in [0.1, 0.15) is 11.1 Å². The minimum Gasteiger partial charge on any atom is -0.398 e. The van der Waals surface area contributed by atoms with Gasteiger partial charge >= 0.3 is 0 Å². The number of aromatic nitrogens is 2. The Bertz CT molecular complexity index is 911. The number of methoxy groups -OCH3 is 1. The van der Waals surface area contributed by atoms with Crippen LogP contribution in [0.5, 0.6) is 0 Å². The normalized spacial score (nSPS) is 11.4. The van der Waals surface area contributed by atoms with Crippen molar-refractivity contribution in [3.8, 4) is 11.3 Å². The molecule has 6 N–H and O–H groups in total. The third-order valence-electron chi connectivity index (χ3n) is 3.57. The van der Waals surface area contributed by atoms with Crippen molar-refractivity contribution in [2.45, 2.75) is 6.92 Å². The van der Waals surface area contributed by atoms with Crippen molar-refractivity contribution in [2.24, 2.45) is 11.5 Å². The van der Waals surface area contributed by atoms with Gasteiger partial charge in [0.1, 0.15) is 4.64 Å². The highest BCUT2D eigenvalue weighted by Gasteiger charge is 2.15. The zero-order chi connectivity index (χ0) is 19.3. The Morgan fingerprint density at radius 3 is 2.81 bits per heavy atom. The zero-order valence-corrected chi connectivity index (χ0v) is 16.0. The summed E-state index contributed by atoms with van der Waals surface area (Å²) in [6, 6.07) is 5.55. The molecule has 0 unspecified atom stereocenters. The van der Waals surface area contributed by atoms with E-state index in [-0.39, 0.29) is 10.3 Å². The number of hydrogen-bond acceptors (Lipinski definition) is 6. The third kappa shape index (κ3) is 4.81. The van der Waals surface area contributed by atoms with Gasteiger partial charge in [-0.1, -0.05) is 36.0 Å². The van der Waals surface area contributed by atoms with Gasteiger partial charge in [0.25, 0.3) is 0 Å². The lowest BCUT2D eigenvalue weighted by Gasteiger charge is -2.14. The molecule has 0 aliphatic rings. The van der Waals surface area contributed by atoms with Gasteiger partial charge < -0.3 is 26.5 Å². The van der Waals surface area contributed by atoms with Crippen molar-refractivity contribution < 1.29 is 9.53 Å². The predicted octanol–water partition coefficient (Wildman–Crippen LogP) is 2.61. The highest BCUT2D eigenvalue weighted by Crippen LogP contribution is 2.30. The van der Waals surface area contributed by atoms with E-state index in [1.807, 2.05) is 19.1 Å². The third-order valence-corrected chi connectivity index (χ3v) is 4.27. The Hall–Kier alpha value is -2.42. The van der Waals surface area contributed by atoms with Gasteiger partial charge in [-0.15, -0.1) is 0 Å². The molecule has 1 aromatic heterocycles. The topological polar surface area (TPSA) is 119 Å². The lowest BCUT2D eigenvalue weighted by atomic mass is 10.0. The van der Waals surface area contributed by atoms with Crippen LogP contribution >= 0.6 is 23.8 Å². The maximum Gasteiger partial charge on any atom is 0.243 e. The number of nitrogens with one attached hydrogen (secondary N) is 2. The summed E-state index contributed by atoms with van der Waals surface area (Å²) in [4.78, 5) is 18.7. The van der Waals surface area contributed by atoms with E-state index >= 15 is 0 Å². The van der Waals surface area contributed by atoms with E-state index < -0.39 is 5.91 Å². The summed E-state index contributed by atoms with van der Waals surface area (Å²) in [6.07, 6.45) is 1.11. The maximum absolute atomic E-state index is 11.2. The van der Waals surface area contributed by atoms with Crippen LogP contribution in [-0.4, -0.2) is 36.1 Å². The first-order valence-electron chi connectivity index (χ1n) is 7.74. The second-order valence-electron chi connectivity index (χ2n) is 5.53. The molecule has 0 atom stereocenters. The first kappa shape index (κ1) is 19.9. The molecule has 0 saturated carbocycles. The van der Waals surface area contributed by atoms with Gasteiger partial charge in [0.15, 0.2) is 0 Å². The second-order valence-corrected chi connectivity index (χ2v) is 6.32. The number of aromatic amines is 1. The summed E-state index contributed by atoms with van der Waals surface area (Å²) in [5, 5.41) is 3.68. The summed E-state index contributed by atoms with van der Waals surface area (Å²) in [5.74, 6) is -0.221. The van der Waals surface area contributed by atoms with Crippen LogP contribution in [0.2, 0.25) is 5.02 Å². The van der Waals surface area contributed by atoms with E-state index in [1.165, 1.54) is 0 Å². The number of ether oxygens (including phenoxy) is 1. The molecule has 26 heavy (non-hydrogen) atoms. The number of hydrogen-bond donors (Lipinski definition) is 4. The van der Waals surface area contributed by atoms with E-state index in [9.17, 15) is 4.79 Å². The smallest absolute Gasteiger partial charge is 0.243 e. The van der Waals surface area contributed by atoms with Crippen LogP contribution < -0.4 is 16.8 Å². The summed E-state index contributed by atoms with van der Waals surface area (Å²) in [5.41, 5.74) is 14.1. The van der Waals surface area contributed by atoms with Gasteiger partial charge in [0.2, 0.25) is 11.9 Å². The van der Waals surface area contributed by atoms with E-state index in [4.69, 9.17) is 40.0 Å². The van der Waals surface area contributed by atoms with Gasteiger partial charge in [-0.05, 0) is 18.6 Å². The molecule has 0 saturated heterocycles. The minimum absolute atomic E-state index is 0.126. The lowest BCUT2D eigenvalue weighted by molar-refractivity contribution is -0.113. The summed E-state index contributed by atoms with van der Waals surface area (Å²) < 4.78 is 5.24. The highest BCUT2D eigenvalue weighted by molar-refractivity contribution is 7.71. The minimum atomic E-state index is -0.674. The van der Waals surface area contributed by atoms with Crippen molar-refractivity contribution in [1.29, 1.82) is 0 Å². The first-order valence-corrected chi connectivity index (χ1v) is 8.52. The number of nitrogens with zero attached hydrogens (tertiary/aromatic N) is 1. The van der Waals surface area contributed by atoms with E-state index in [0.29, 0.717) is 35.4 Å². The van der Waals surface area contributed by atoms with Crippen molar-refractivity contribution in [3.05, 3.63) is 45.1 Å². The SMILES string of the molecule is COCCNc1nc(=S)c(/C(N)=C/C(N)=O)c(-c2ccc(C)c(Cl)c2)[nH]1. The molecule has 0 aliphatic carbocycles. The quantitative estimate of drug-likeness (QED) is 0.326. The number of carbonyl (C=O) groups excluding carboxylic acids is 1. The van der Waals surface area contributed by atoms with E-state index in [1.54, 1.807) is 13.2 Å². The molecular formula is C17H20ClN5O2S. The van der Waals surface area contributed by atoms with Crippen LogP contribution in [-0.2, 0) is 9.53 Å². The molecule has 2 aromatic rings. The van der Waals surface area contributed by atoms with Crippen LogP contribution in [0.15, 0.2) is 24.3 Å². The lowest BCUT2D eigenvalue weighted by Crippen LogP contribution is -2.14. The van der Waals surface area contributed by atoms with Crippen molar-refractivity contribution >= 4 is 41.4 Å². The maximum atomic E-state index is 11.2. The average Bonchev–Trinajstić information content (AvgIpc) is 2.56. The highest BCUT2D eigenvalue weighted by atomic mass is 35.5. The fourth-order valence-corrected chi connectivity index (χ4v) is 2.78.